The molecule has 4 fully saturated rings. The normalized spacial score (nSPS) is 34.4. The van der Waals surface area contributed by atoms with Gasteiger partial charge >= 0.3 is 0 Å². The average molecular weight is 365 g/mol. The number of piperidine rings is 2. The Balaban J connectivity index is 1.53. The summed E-state index contributed by atoms with van der Waals surface area (Å²) in [5, 5.41) is 7.80. The lowest BCUT2D eigenvalue weighted by Gasteiger charge is -2.55. The van der Waals surface area contributed by atoms with Crippen LogP contribution in [0.3, 0.4) is 0 Å². The van der Waals surface area contributed by atoms with Crippen molar-refractivity contribution in [2.24, 2.45) is 13.0 Å². The van der Waals surface area contributed by atoms with Crippen LogP contribution >= 0.6 is 0 Å². The molecule has 1 aromatic carbocycles. The molecule has 2 aromatic rings. The Morgan fingerprint density at radius 3 is 2.41 bits per heavy atom. The number of benzene rings is 1. The maximum absolute atomic E-state index is 13.1. The molecule has 4 aliphatic heterocycles. The molecule has 0 spiro atoms. The summed E-state index contributed by atoms with van der Waals surface area (Å²) in [5.41, 5.74) is 2.77. The van der Waals surface area contributed by atoms with Crippen LogP contribution in [-0.2, 0) is 12.5 Å². The number of carbonyl (C=O) groups is 1. The van der Waals surface area contributed by atoms with Crippen molar-refractivity contribution in [1.82, 2.24) is 24.9 Å². The van der Waals surface area contributed by atoms with Crippen LogP contribution in [0.2, 0.25) is 0 Å². The highest BCUT2D eigenvalue weighted by atomic mass is 16.1. The van der Waals surface area contributed by atoms with E-state index in [0.29, 0.717) is 11.5 Å². The van der Waals surface area contributed by atoms with Gasteiger partial charge < -0.3 is 15.1 Å². The maximum atomic E-state index is 13.1. The zero-order chi connectivity index (χ0) is 18.6. The number of hydrogen-bond donors (Lipinski definition) is 1. The molecule has 1 aromatic heterocycles. The monoisotopic (exact) mass is 365 g/mol. The molecule has 142 valence electrons. The highest BCUT2D eigenvalue weighted by Crippen LogP contribution is 2.43. The van der Waals surface area contributed by atoms with Gasteiger partial charge in [-0.15, -0.1) is 0 Å². The number of nitrogens with zero attached hydrogens (tertiary/aromatic N) is 4. The molecule has 0 saturated carbocycles. The summed E-state index contributed by atoms with van der Waals surface area (Å²) in [4.78, 5) is 18.3. The molecule has 1 amide bonds. The van der Waals surface area contributed by atoms with Crippen molar-refractivity contribution in [2.45, 2.75) is 18.4 Å². The number of amides is 1. The second-order valence-electron chi connectivity index (χ2n) is 8.51. The van der Waals surface area contributed by atoms with Crippen LogP contribution < -0.4 is 5.32 Å². The molecule has 2 unspecified atom stereocenters. The molecular formula is C21H27N5O. The predicted molar refractivity (Wildman–Crippen MR) is 104 cm³/mol. The Kier molecular flexibility index (Phi) is 3.88. The third kappa shape index (κ3) is 2.70. The van der Waals surface area contributed by atoms with Gasteiger partial charge in [0.2, 0.25) is 0 Å². The van der Waals surface area contributed by atoms with E-state index in [-0.39, 0.29) is 17.4 Å². The van der Waals surface area contributed by atoms with Gasteiger partial charge in [0.1, 0.15) is 0 Å². The third-order valence-electron chi connectivity index (χ3n) is 6.69. The highest BCUT2D eigenvalue weighted by molar-refractivity contribution is 5.95. The van der Waals surface area contributed by atoms with Gasteiger partial charge in [0.25, 0.3) is 5.91 Å². The van der Waals surface area contributed by atoms with Crippen LogP contribution in [0.4, 0.5) is 0 Å². The lowest BCUT2D eigenvalue weighted by Crippen LogP contribution is -2.70. The quantitative estimate of drug-likeness (QED) is 0.883. The van der Waals surface area contributed by atoms with Gasteiger partial charge in [0.15, 0.2) is 0 Å². The molecular weight excluding hydrogens is 338 g/mol. The number of nitrogens with one attached hydrogen (secondary N) is 1. The van der Waals surface area contributed by atoms with E-state index in [9.17, 15) is 4.79 Å². The molecule has 0 radical (unpaired) electrons. The predicted octanol–water partition coefficient (Wildman–Crippen LogP) is 1.03. The topological polar surface area (TPSA) is 53.4 Å². The molecule has 5 heterocycles. The Morgan fingerprint density at radius 2 is 1.81 bits per heavy atom. The van der Waals surface area contributed by atoms with Crippen LogP contribution in [0.1, 0.15) is 21.6 Å². The van der Waals surface area contributed by atoms with E-state index in [1.165, 1.54) is 5.56 Å². The number of aryl methyl sites for hydroxylation is 2. The SMILES string of the molecule is Cc1nn(C)cc1C(=O)N[C@@H]1C2CN3CCN(C2)CC1(c1ccccc1)C3. The van der Waals surface area contributed by atoms with Gasteiger partial charge in [-0.1, -0.05) is 30.3 Å². The second kappa shape index (κ2) is 6.17. The summed E-state index contributed by atoms with van der Waals surface area (Å²) >= 11 is 0. The van der Waals surface area contributed by atoms with Gasteiger partial charge in [-0.3, -0.25) is 9.48 Å². The Labute approximate surface area is 160 Å². The highest BCUT2D eigenvalue weighted by Gasteiger charge is 2.55. The molecule has 3 atom stereocenters. The van der Waals surface area contributed by atoms with E-state index in [1.807, 2.05) is 20.2 Å². The fourth-order valence-electron chi connectivity index (χ4n) is 5.61. The first kappa shape index (κ1) is 17.0. The molecule has 6 nitrogen and oxygen atoms in total. The van der Waals surface area contributed by atoms with Crippen molar-refractivity contribution in [3.05, 3.63) is 53.3 Å². The molecule has 6 heteroatoms. The minimum Gasteiger partial charge on any atom is -0.348 e. The Bertz CT molecular complexity index is 845. The van der Waals surface area contributed by atoms with Crippen molar-refractivity contribution in [3.63, 3.8) is 0 Å². The van der Waals surface area contributed by atoms with E-state index in [1.54, 1.807) is 4.68 Å². The smallest absolute Gasteiger partial charge is 0.255 e. The standard InChI is InChI=1S/C21H27N5O/c1-15-18(12-24(2)23-15)20(27)22-19-16-10-25-8-9-26(11-16)14-21(19,13-25)17-6-4-3-5-7-17/h3-7,12,16,19H,8-11,13-14H2,1-2H3,(H,22,27)/t16?,19-,21?/m1/s1. The van der Waals surface area contributed by atoms with Crippen LogP contribution in [0.25, 0.3) is 0 Å². The minimum atomic E-state index is -0.0509. The minimum absolute atomic E-state index is 0.0112. The van der Waals surface area contributed by atoms with Crippen LogP contribution in [0, 0.1) is 12.8 Å². The van der Waals surface area contributed by atoms with Crippen molar-refractivity contribution in [2.75, 3.05) is 39.3 Å². The molecule has 4 bridgehead atoms. The van der Waals surface area contributed by atoms with Gasteiger partial charge in [-0.05, 0) is 12.5 Å². The van der Waals surface area contributed by atoms with Crippen LogP contribution in [-0.4, -0.2) is 70.8 Å². The maximum Gasteiger partial charge on any atom is 0.255 e. The fourth-order valence-corrected chi connectivity index (χ4v) is 5.61. The van der Waals surface area contributed by atoms with E-state index >= 15 is 0 Å². The molecule has 4 saturated heterocycles. The molecule has 6 rings (SSSR count). The second-order valence-corrected chi connectivity index (χ2v) is 8.51. The first-order valence-electron chi connectivity index (χ1n) is 9.86. The number of fused-ring (bicyclic) bond motifs is 1. The van der Waals surface area contributed by atoms with E-state index in [4.69, 9.17) is 0 Å². The lowest BCUT2D eigenvalue weighted by atomic mass is 9.64. The van der Waals surface area contributed by atoms with Crippen LogP contribution in [0.5, 0.6) is 0 Å². The van der Waals surface area contributed by atoms with Crippen molar-refractivity contribution in [1.29, 1.82) is 0 Å². The summed E-state index contributed by atoms with van der Waals surface area (Å²) in [6.45, 7) is 8.34. The van der Waals surface area contributed by atoms with Gasteiger partial charge in [-0.2, -0.15) is 5.10 Å². The van der Waals surface area contributed by atoms with E-state index in [0.717, 1.165) is 45.0 Å². The molecule has 1 N–H and O–H groups in total. The average Bonchev–Trinajstić information content (AvgIpc) is 2.82. The largest absolute Gasteiger partial charge is 0.348 e. The number of hydrogen-bond acceptors (Lipinski definition) is 4. The number of carbonyl (C=O) groups excluding carboxylic acids is 1. The Morgan fingerprint density at radius 1 is 1.15 bits per heavy atom. The van der Waals surface area contributed by atoms with Gasteiger partial charge in [0.05, 0.1) is 11.3 Å². The van der Waals surface area contributed by atoms with Crippen LogP contribution in [0.15, 0.2) is 36.5 Å². The molecule has 4 aliphatic rings. The summed E-state index contributed by atoms with van der Waals surface area (Å²) in [6, 6.07) is 11.0. The molecule has 27 heavy (non-hydrogen) atoms. The molecule has 0 aliphatic carbocycles. The van der Waals surface area contributed by atoms with Gasteiger partial charge in [-0.25, -0.2) is 0 Å². The summed E-state index contributed by atoms with van der Waals surface area (Å²) in [5.74, 6) is 0.466. The zero-order valence-electron chi connectivity index (χ0n) is 16.1. The Hall–Kier alpha value is -2.18. The van der Waals surface area contributed by atoms with E-state index < -0.39 is 0 Å². The van der Waals surface area contributed by atoms with Crippen molar-refractivity contribution < 1.29 is 4.79 Å². The zero-order valence-corrected chi connectivity index (χ0v) is 16.1. The summed E-state index contributed by atoms with van der Waals surface area (Å²) in [6.07, 6.45) is 1.83. The number of aromatic nitrogens is 2. The van der Waals surface area contributed by atoms with Crippen molar-refractivity contribution >= 4 is 5.91 Å². The first-order valence-corrected chi connectivity index (χ1v) is 9.86. The van der Waals surface area contributed by atoms with E-state index in [2.05, 4.69) is 50.5 Å². The lowest BCUT2D eigenvalue weighted by molar-refractivity contribution is 0.0180. The van der Waals surface area contributed by atoms with Gasteiger partial charge in [0, 0.05) is 69.9 Å². The summed E-state index contributed by atoms with van der Waals surface area (Å²) in [7, 11) is 1.86. The fraction of sp³-hybridized carbons (Fsp3) is 0.524. The first-order chi connectivity index (χ1) is 13.0. The number of rotatable bonds is 3. The third-order valence-corrected chi connectivity index (χ3v) is 6.69. The summed E-state index contributed by atoms with van der Waals surface area (Å²) < 4.78 is 1.72. The van der Waals surface area contributed by atoms with Crippen molar-refractivity contribution in [3.8, 4) is 0 Å².